The van der Waals surface area contributed by atoms with E-state index < -0.39 is 10.0 Å². The highest BCUT2D eigenvalue weighted by atomic mass is 32.2. The number of aryl methyl sites for hydroxylation is 2. The molecule has 0 aliphatic rings. The van der Waals surface area contributed by atoms with E-state index >= 15 is 0 Å². The van der Waals surface area contributed by atoms with Gasteiger partial charge >= 0.3 is 0 Å². The maximum Gasteiger partial charge on any atom is 0.244 e. The molecular weight excluding hydrogens is 396 g/mol. The van der Waals surface area contributed by atoms with E-state index in [1.165, 1.54) is 4.31 Å². The number of hydrogen-bond acceptors (Lipinski definition) is 3. The minimum atomic E-state index is -3.82. The summed E-state index contributed by atoms with van der Waals surface area (Å²) in [7, 11) is -3.82. The lowest BCUT2D eigenvalue weighted by Crippen LogP contribution is -2.46. The maximum absolute atomic E-state index is 13.7. The summed E-state index contributed by atoms with van der Waals surface area (Å²) in [6, 6.07) is 11.3. The van der Waals surface area contributed by atoms with Gasteiger partial charge in [-0.3, -0.25) is 4.79 Å². The summed E-state index contributed by atoms with van der Waals surface area (Å²) in [4.78, 5) is 15.3. The van der Waals surface area contributed by atoms with Crippen LogP contribution in [0.1, 0.15) is 49.4 Å². The lowest BCUT2D eigenvalue weighted by atomic mass is 10.0. The average Bonchev–Trinajstić information content (AvgIpc) is 2.67. The first-order valence-corrected chi connectivity index (χ1v) is 11.9. The highest BCUT2D eigenvalue weighted by Crippen LogP contribution is 2.29. The van der Waals surface area contributed by atoms with E-state index in [0.29, 0.717) is 17.9 Å². The van der Waals surface area contributed by atoms with Gasteiger partial charge in [0.15, 0.2) is 0 Å². The Morgan fingerprint density at radius 2 is 1.50 bits per heavy atom. The zero-order valence-electron chi connectivity index (χ0n) is 19.2. The molecule has 0 spiro atoms. The monoisotopic (exact) mass is 430 g/mol. The van der Waals surface area contributed by atoms with Crippen molar-refractivity contribution in [1.29, 1.82) is 0 Å². The molecule has 0 radical (unpaired) electrons. The number of benzene rings is 2. The molecule has 2 aromatic rings. The SMILES string of the molecule is CCCN(CC(=O)N(c1ccccc1)C(C)C)S(=O)(=O)c1c(C)c(C)cc(C)c1C. The van der Waals surface area contributed by atoms with Gasteiger partial charge in [0, 0.05) is 18.3 Å². The number of rotatable bonds is 8. The van der Waals surface area contributed by atoms with Gasteiger partial charge in [-0.25, -0.2) is 8.42 Å². The van der Waals surface area contributed by atoms with Gasteiger partial charge in [0.05, 0.1) is 11.4 Å². The standard InChI is InChI=1S/C24H34N2O3S/c1-8-14-25(16-23(27)26(17(2)3)22-12-10-9-11-13-22)30(28,29)24-20(6)18(4)15-19(5)21(24)7/h9-13,15,17H,8,14,16H2,1-7H3. The van der Waals surface area contributed by atoms with Crippen LogP contribution in [0.3, 0.4) is 0 Å². The van der Waals surface area contributed by atoms with Crippen molar-refractivity contribution >= 4 is 21.6 Å². The molecule has 0 fully saturated rings. The molecule has 6 heteroatoms. The van der Waals surface area contributed by atoms with Crippen LogP contribution in [-0.2, 0) is 14.8 Å². The molecular formula is C24H34N2O3S. The van der Waals surface area contributed by atoms with E-state index in [0.717, 1.165) is 27.9 Å². The van der Waals surface area contributed by atoms with Gasteiger partial charge < -0.3 is 4.90 Å². The molecule has 0 aliphatic heterocycles. The third-order valence-corrected chi connectivity index (χ3v) is 7.62. The van der Waals surface area contributed by atoms with Gasteiger partial charge in [-0.2, -0.15) is 4.31 Å². The van der Waals surface area contributed by atoms with Crippen LogP contribution in [0.15, 0.2) is 41.3 Å². The van der Waals surface area contributed by atoms with Crippen molar-refractivity contribution in [3.05, 3.63) is 58.7 Å². The minimum Gasteiger partial charge on any atom is -0.309 e. The van der Waals surface area contributed by atoms with Crippen LogP contribution in [0.25, 0.3) is 0 Å². The van der Waals surface area contributed by atoms with E-state index in [1.807, 2.05) is 84.9 Å². The van der Waals surface area contributed by atoms with E-state index in [9.17, 15) is 13.2 Å². The molecule has 1 amide bonds. The van der Waals surface area contributed by atoms with Gasteiger partial charge in [0.1, 0.15) is 0 Å². The molecule has 2 aromatic carbocycles. The molecule has 0 aliphatic carbocycles. The van der Waals surface area contributed by atoms with Crippen LogP contribution in [-0.4, -0.2) is 37.8 Å². The summed E-state index contributed by atoms with van der Waals surface area (Å²) in [6.45, 7) is 13.4. The van der Waals surface area contributed by atoms with Gasteiger partial charge in [0.25, 0.3) is 0 Å². The van der Waals surface area contributed by atoms with Gasteiger partial charge in [-0.15, -0.1) is 0 Å². The molecule has 0 saturated carbocycles. The second kappa shape index (κ2) is 9.75. The number of anilines is 1. The van der Waals surface area contributed by atoms with Gasteiger partial charge in [0.2, 0.25) is 15.9 Å². The van der Waals surface area contributed by atoms with E-state index in [-0.39, 0.29) is 18.5 Å². The van der Waals surface area contributed by atoms with Crippen molar-refractivity contribution in [2.75, 3.05) is 18.0 Å². The first kappa shape index (κ1) is 24.1. The van der Waals surface area contributed by atoms with Gasteiger partial charge in [-0.1, -0.05) is 31.2 Å². The molecule has 0 bridgehead atoms. The fourth-order valence-corrected chi connectivity index (χ4v) is 5.83. The van der Waals surface area contributed by atoms with Crippen LogP contribution in [0, 0.1) is 27.7 Å². The Morgan fingerprint density at radius 1 is 0.967 bits per heavy atom. The Hall–Kier alpha value is -2.18. The fourth-order valence-electron chi connectivity index (χ4n) is 3.78. The zero-order valence-corrected chi connectivity index (χ0v) is 20.0. The third kappa shape index (κ3) is 4.93. The van der Waals surface area contributed by atoms with Crippen LogP contribution in [0.5, 0.6) is 0 Å². The van der Waals surface area contributed by atoms with Crippen molar-refractivity contribution in [3.8, 4) is 0 Å². The van der Waals surface area contributed by atoms with Crippen LogP contribution in [0.4, 0.5) is 5.69 Å². The highest BCUT2D eigenvalue weighted by Gasteiger charge is 2.32. The third-order valence-electron chi connectivity index (χ3n) is 5.50. The molecule has 2 rings (SSSR count). The fraction of sp³-hybridized carbons (Fsp3) is 0.458. The van der Waals surface area contributed by atoms with Crippen molar-refractivity contribution in [3.63, 3.8) is 0 Å². The van der Waals surface area contributed by atoms with Crippen LogP contribution >= 0.6 is 0 Å². The van der Waals surface area contributed by atoms with E-state index in [1.54, 1.807) is 4.90 Å². The summed E-state index contributed by atoms with van der Waals surface area (Å²) < 4.78 is 28.7. The van der Waals surface area contributed by atoms with Crippen molar-refractivity contribution in [1.82, 2.24) is 4.31 Å². The quantitative estimate of drug-likeness (QED) is 0.606. The molecule has 30 heavy (non-hydrogen) atoms. The number of amides is 1. The Morgan fingerprint density at radius 3 is 1.97 bits per heavy atom. The predicted molar refractivity (Wildman–Crippen MR) is 124 cm³/mol. The molecule has 0 unspecified atom stereocenters. The Kier molecular flexibility index (Phi) is 7.83. The second-order valence-electron chi connectivity index (χ2n) is 8.12. The summed E-state index contributed by atoms with van der Waals surface area (Å²) in [5.74, 6) is -0.229. The van der Waals surface area contributed by atoms with Crippen molar-refractivity contribution < 1.29 is 13.2 Å². The largest absolute Gasteiger partial charge is 0.309 e. The molecule has 0 N–H and O–H groups in total. The summed E-state index contributed by atoms with van der Waals surface area (Å²) in [5, 5.41) is 0. The number of sulfonamides is 1. The topological polar surface area (TPSA) is 57.7 Å². The molecule has 0 aromatic heterocycles. The molecule has 164 valence electrons. The first-order chi connectivity index (χ1) is 14.0. The van der Waals surface area contributed by atoms with E-state index in [4.69, 9.17) is 0 Å². The van der Waals surface area contributed by atoms with Crippen molar-refractivity contribution in [2.24, 2.45) is 0 Å². The number of carbonyl (C=O) groups is 1. The maximum atomic E-state index is 13.7. The number of hydrogen-bond donors (Lipinski definition) is 0. The predicted octanol–water partition coefficient (Wildman–Crippen LogP) is 4.76. The summed E-state index contributed by atoms with van der Waals surface area (Å²) in [5.41, 5.74) is 4.14. The number of carbonyl (C=O) groups excluding carboxylic acids is 1. The van der Waals surface area contributed by atoms with Gasteiger partial charge in [-0.05, 0) is 82.3 Å². The Bertz CT molecular complexity index is 973. The highest BCUT2D eigenvalue weighted by molar-refractivity contribution is 7.89. The number of para-hydroxylation sites is 1. The lowest BCUT2D eigenvalue weighted by molar-refractivity contribution is -0.119. The number of nitrogens with zero attached hydrogens (tertiary/aromatic N) is 2. The molecule has 5 nitrogen and oxygen atoms in total. The average molecular weight is 431 g/mol. The Balaban J connectivity index is 2.48. The zero-order chi connectivity index (χ0) is 22.6. The van der Waals surface area contributed by atoms with Crippen molar-refractivity contribution in [2.45, 2.75) is 65.8 Å². The normalized spacial score (nSPS) is 11.9. The second-order valence-corrected chi connectivity index (χ2v) is 10.00. The molecule has 0 saturated heterocycles. The summed E-state index contributed by atoms with van der Waals surface area (Å²) in [6.07, 6.45) is 0.627. The molecule has 0 atom stereocenters. The van der Waals surface area contributed by atoms with Crippen LogP contribution in [0.2, 0.25) is 0 Å². The Labute approximate surface area is 181 Å². The first-order valence-electron chi connectivity index (χ1n) is 10.5. The smallest absolute Gasteiger partial charge is 0.244 e. The minimum absolute atomic E-state index is 0.0873. The lowest BCUT2D eigenvalue weighted by Gasteiger charge is -2.30. The van der Waals surface area contributed by atoms with E-state index in [2.05, 4.69) is 0 Å². The van der Waals surface area contributed by atoms with Crippen LogP contribution < -0.4 is 4.90 Å². The summed E-state index contributed by atoms with van der Waals surface area (Å²) >= 11 is 0. The molecule has 0 heterocycles.